The normalized spacial score (nSPS) is 14.4. The van der Waals surface area contributed by atoms with Gasteiger partial charge in [-0.15, -0.1) is 0 Å². The number of aromatic nitrogens is 1. The fraction of sp³-hybridized carbons (Fsp3) is 0.200. The lowest BCUT2D eigenvalue weighted by Gasteiger charge is -2.28. The molecule has 1 amide bonds. The van der Waals surface area contributed by atoms with Gasteiger partial charge < -0.3 is 4.90 Å². The van der Waals surface area contributed by atoms with Crippen LogP contribution in [0, 0.1) is 0 Å². The average molecular weight is 238 g/mol. The topological polar surface area (TPSA) is 33.2 Å². The van der Waals surface area contributed by atoms with Crippen molar-refractivity contribution < 1.29 is 4.79 Å². The molecule has 18 heavy (non-hydrogen) atoms. The van der Waals surface area contributed by atoms with Crippen LogP contribution in [0.3, 0.4) is 0 Å². The lowest BCUT2D eigenvalue weighted by molar-refractivity contribution is -0.132. The molecule has 3 heteroatoms. The maximum Gasteiger partial charge on any atom is 0.227 e. The summed E-state index contributed by atoms with van der Waals surface area (Å²) >= 11 is 0. The SMILES string of the molecule is O=C1Cc2ccccc2CN1Cc1cccnc1. The zero-order chi connectivity index (χ0) is 12.4. The summed E-state index contributed by atoms with van der Waals surface area (Å²) in [5.74, 6) is 0.192. The third-order valence-electron chi connectivity index (χ3n) is 3.27. The van der Waals surface area contributed by atoms with Gasteiger partial charge in [0, 0.05) is 25.5 Å². The molecule has 0 bridgehead atoms. The molecule has 1 aromatic carbocycles. The van der Waals surface area contributed by atoms with Crippen molar-refractivity contribution in [2.75, 3.05) is 0 Å². The van der Waals surface area contributed by atoms with E-state index >= 15 is 0 Å². The predicted molar refractivity (Wildman–Crippen MR) is 68.6 cm³/mol. The van der Waals surface area contributed by atoms with E-state index in [0.717, 1.165) is 11.1 Å². The Bertz CT molecular complexity index is 566. The quantitative estimate of drug-likeness (QED) is 0.803. The molecule has 3 nitrogen and oxygen atoms in total. The minimum Gasteiger partial charge on any atom is -0.334 e. The zero-order valence-corrected chi connectivity index (χ0v) is 10.0. The Hall–Kier alpha value is -2.16. The first-order chi connectivity index (χ1) is 8.83. The van der Waals surface area contributed by atoms with Gasteiger partial charge in [0.2, 0.25) is 5.91 Å². The minimum atomic E-state index is 0.192. The summed E-state index contributed by atoms with van der Waals surface area (Å²) in [4.78, 5) is 18.0. The largest absolute Gasteiger partial charge is 0.334 e. The molecule has 1 aliphatic heterocycles. The van der Waals surface area contributed by atoms with Gasteiger partial charge in [-0.2, -0.15) is 0 Å². The van der Waals surface area contributed by atoms with Gasteiger partial charge in [-0.25, -0.2) is 0 Å². The van der Waals surface area contributed by atoms with Crippen molar-refractivity contribution in [3.8, 4) is 0 Å². The highest BCUT2D eigenvalue weighted by atomic mass is 16.2. The first-order valence-corrected chi connectivity index (χ1v) is 6.06. The fourth-order valence-corrected chi connectivity index (χ4v) is 2.31. The molecule has 0 radical (unpaired) electrons. The van der Waals surface area contributed by atoms with Gasteiger partial charge in [-0.05, 0) is 22.8 Å². The van der Waals surface area contributed by atoms with Gasteiger partial charge >= 0.3 is 0 Å². The minimum absolute atomic E-state index is 0.192. The summed E-state index contributed by atoms with van der Waals surface area (Å²) in [5.41, 5.74) is 3.48. The summed E-state index contributed by atoms with van der Waals surface area (Å²) < 4.78 is 0. The Kier molecular flexibility index (Phi) is 2.81. The lowest BCUT2D eigenvalue weighted by Crippen LogP contribution is -2.35. The summed E-state index contributed by atoms with van der Waals surface area (Å²) in [5, 5.41) is 0. The van der Waals surface area contributed by atoms with E-state index in [4.69, 9.17) is 0 Å². The number of nitrogens with zero attached hydrogens (tertiary/aromatic N) is 2. The third-order valence-corrected chi connectivity index (χ3v) is 3.27. The van der Waals surface area contributed by atoms with Gasteiger partial charge in [-0.3, -0.25) is 9.78 Å². The molecule has 1 aliphatic rings. The van der Waals surface area contributed by atoms with E-state index in [2.05, 4.69) is 11.1 Å². The highest BCUT2D eigenvalue weighted by molar-refractivity contribution is 5.80. The van der Waals surface area contributed by atoms with E-state index in [9.17, 15) is 4.79 Å². The van der Waals surface area contributed by atoms with Crippen LogP contribution in [0.15, 0.2) is 48.8 Å². The van der Waals surface area contributed by atoms with Gasteiger partial charge in [0.25, 0.3) is 0 Å². The average Bonchev–Trinajstić information content (AvgIpc) is 2.41. The second kappa shape index (κ2) is 4.61. The molecule has 1 aromatic heterocycles. The molecule has 0 unspecified atom stereocenters. The number of pyridine rings is 1. The Morgan fingerprint density at radius 2 is 1.94 bits per heavy atom. The van der Waals surface area contributed by atoms with Crippen molar-refractivity contribution in [1.29, 1.82) is 0 Å². The van der Waals surface area contributed by atoms with E-state index in [0.29, 0.717) is 19.5 Å². The van der Waals surface area contributed by atoms with Gasteiger partial charge in [0.05, 0.1) is 6.42 Å². The van der Waals surface area contributed by atoms with E-state index in [1.54, 1.807) is 6.20 Å². The highest BCUT2D eigenvalue weighted by Crippen LogP contribution is 2.20. The number of benzene rings is 1. The number of hydrogen-bond donors (Lipinski definition) is 0. The summed E-state index contributed by atoms with van der Waals surface area (Å²) in [6.45, 7) is 1.34. The zero-order valence-electron chi connectivity index (χ0n) is 10.0. The van der Waals surface area contributed by atoms with Crippen LogP contribution in [0.4, 0.5) is 0 Å². The third kappa shape index (κ3) is 2.12. The van der Waals surface area contributed by atoms with Crippen LogP contribution in [0.2, 0.25) is 0 Å². The molecule has 0 fully saturated rings. The number of carbonyl (C=O) groups excluding carboxylic acids is 1. The molecule has 0 aliphatic carbocycles. The maximum atomic E-state index is 12.1. The van der Waals surface area contributed by atoms with Crippen molar-refractivity contribution in [3.63, 3.8) is 0 Å². The van der Waals surface area contributed by atoms with E-state index in [-0.39, 0.29) is 5.91 Å². The number of amides is 1. The van der Waals surface area contributed by atoms with Crippen LogP contribution < -0.4 is 0 Å². The van der Waals surface area contributed by atoms with Crippen molar-refractivity contribution in [2.24, 2.45) is 0 Å². The molecule has 0 saturated heterocycles. The first kappa shape index (κ1) is 11.0. The molecular formula is C15H14N2O. The molecule has 0 spiro atoms. The summed E-state index contributed by atoms with van der Waals surface area (Å²) in [6, 6.07) is 12.0. The van der Waals surface area contributed by atoms with Gasteiger partial charge in [0.1, 0.15) is 0 Å². The van der Waals surface area contributed by atoms with Crippen LogP contribution in [0.1, 0.15) is 16.7 Å². The standard InChI is InChI=1S/C15H14N2O/c18-15-8-13-5-1-2-6-14(13)11-17(15)10-12-4-3-7-16-9-12/h1-7,9H,8,10-11H2. The van der Waals surface area contributed by atoms with Crippen molar-refractivity contribution in [2.45, 2.75) is 19.5 Å². The second-order valence-corrected chi connectivity index (χ2v) is 4.56. The predicted octanol–water partition coefficient (Wildman–Crippen LogP) is 2.17. The molecule has 0 atom stereocenters. The molecule has 2 heterocycles. The molecule has 90 valence electrons. The lowest BCUT2D eigenvalue weighted by atomic mass is 9.99. The maximum absolute atomic E-state index is 12.1. The van der Waals surface area contributed by atoms with Crippen molar-refractivity contribution in [3.05, 3.63) is 65.5 Å². The fourth-order valence-electron chi connectivity index (χ4n) is 2.31. The monoisotopic (exact) mass is 238 g/mol. The summed E-state index contributed by atoms with van der Waals surface area (Å²) in [7, 11) is 0. The second-order valence-electron chi connectivity index (χ2n) is 4.56. The Morgan fingerprint density at radius 3 is 2.72 bits per heavy atom. The number of rotatable bonds is 2. The van der Waals surface area contributed by atoms with Crippen molar-refractivity contribution >= 4 is 5.91 Å². The molecular weight excluding hydrogens is 224 g/mol. The van der Waals surface area contributed by atoms with Crippen LogP contribution in [-0.2, 0) is 24.3 Å². The number of fused-ring (bicyclic) bond motifs is 1. The number of hydrogen-bond acceptors (Lipinski definition) is 2. The van der Waals surface area contributed by atoms with E-state index in [1.165, 1.54) is 5.56 Å². The Morgan fingerprint density at radius 1 is 1.11 bits per heavy atom. The number of carbonyl (C=O) groups is 1. The smallest absolute Gasteiger partial charge is 0.227 e. The van der Waals surface area contributed by atoms with Gasteiger partial charge in [-0.1, -0.05) is 30.3 Å². The van der Waals surface area contributed by atoms with Crippen LogP contribution in [0.25, 0.3) is 0 Å². The molecule has 3 rings (SSSR count). The molecule has 0 saturated carbocycles. The highest BCUT2D eigenvalue weighted by Gasteiger charge is 2.22. The van der Waals surface area contributed by atoms with E-state index in [1.807, 2.05) is 41.4 Å². The molecule has 0 N–H and O–H groups in total. The Balaban J connectivity index is 1.81. The first-order valence-electron chi connectivity index (χ1n) is 6.06. The van der Waals surface area contributed by atoms with E-state index < -0.39 is 0 Å². The Labute approximate surface area is 106 Å². The van der Waals surface area contributed by atoms with Gasteiger partial charge in [0.15, 0.2) is 0 Å². The summed E-state index contributed by atoms with van der Waals surface area (Å²) in [6.07, 6.45) is 4.07. The van der Waals surface area contributed by atoms with Crippen LogP contribution in [-0.4, -0.2) is 15.8 Å². The van der Waals surface area contributed by atoms with Crippen LogP contribution in [0.5, 0.6) is 0 Å². The van der Waals surface area contributed by atoms with Crippen molar-refractivity contribution in [1.82, 2.24) is 9.88 Å². The van der Waals surface area contributed by atoms with Crippen LogP contribution >= 0.6 is 0 Å². The molecule has 2 aromatic rings.